The molecule has 0 aliphatic heterocycles. The largest absolute Gasteiger partial charge is 0.481 e. The first kappa shape index (κ1) is 25.7. The number of aliphatic hydroxyl groups excluding tert-OH is 1. The van der Waals surface area contributed by atoms with Crippen molar-refractivity contribution in [3.8, 4) is 0 Å². The lowest BCUT2D eigenvalue weighted by Gasteiger charge is -2.60. The van der Waals surface area contributed by atoms with Gasteiger partial charge in [-0.3, -0.25) is 9.59 Å². The van der Waals surface area contributed by atoms with Crippen LogP contribution >= 0.6 is 0 Å². The van der Waals surface area contributed by atoms with E-state index >= 15 is 0 Å². The molecule has 4 rings (SSSR count). The lowest BCUT2D eigenvalue weighted by atomic mass is 9.43. The quantitative estimate of drug-likeness (QED) is 0.437. The minimum Gasteiger partial charge on any atom is -0.481 e. The second kappa shape index (κ2) is 8.32. The Bertz CT molecular complexity index is 937. The van der Waals surface area contributed by atoms with Crippen LogP contribution in [0.25, 0.3) is 0 Å². The van der Waals surface area contributed by atoms with Crippen LogP contribution in [0.5, 0.6) is 0 Å². The predicted octanol–water partition coefficient (Wildman–Crippen LogP) is 6.72. The molecule has 0 unspecified atom stereocenters. The SMILES string of the molecule is CC(C)=CCC[C@@H](C(=O)O)[C@H]1[C@H](O)C[C@@]2(C)C3=C(CC[C@]12C)[C@@]1(C)CCC(=O)C(C)(C)[C@H]1CC3. The van der Waals surface area contributed by atoms with Crippen LogP contribution in [-0.2, 0) is 9.59 Å². The van der Waals surface area contributed by atoms with E-state index in [1.807, 2.05) is 13.8 Å². The summed E-state index contributed by atoms with van der Waals surface area (Å²) < 4.78 is 0. The standard InChI is InChI=1S/C30H46O4/c1-18(2)9-8-10-19(26(33)34)25-22(31)17-30(7)21-11-12-23-27(3,4)24(32)14-15-28(23,5)20(21)13-16-29(25,30)6/h9,19,22-23,25,31H,8,10-17H2,1-7H3,(H,33,34)/t19-,22-,23-,25+,28-,29-,30+/m1/s1. The zero-order valence-electron chi connectivity index (χ0n) is 22.5. The lowest BCUT2D eigenvalue weighted by Crippen LogP contribution is -2.54. The topological polar surface area (TPSA) is 74.6 Å². The van der Waals surface area contributed by atoms with Crippen molar-refractivity contribution in [2.75, 3.05) is 0 Å². The van der Waals surface area contributed by atoms with E-state index in [4.69, 9.17) is 0 Å². The molecule has 0 radical (unpaired) electrons. The average molecular weight is 471 g/mol. The van der Waals surface area contributed by atoms with Gasteiger partial charge in [-0.05, 0) is 87.4 Å². The van der Waals surface area contributed by atoms with Gasteiger partial charge in [0.25, 0.3) is 0 Å². The van der Waals surface area contributed by atoms with Crippen LogP contribution in [0.15, 0.2) is 22.8 Å². The van der Waals surface area contributed by atoms with E-state index in [2.05, 4.69) is 40.7 Å². The molecule has 4 aliphatic carbocycles. The minimum absolute atomic E-state index is 0.0357. The molecule has 2 N–H and O–H groups in total. The van der Waals surface area contributed by atoms with Gasteiger partial charge in [0, 0.05) is 17.8 Å². The van der Waals surface area contributed by atoms with Crippen LogP contribution in [0.3, 0.4) is 0 Å². The number of hydrogen-bond acceptors (Lipinski definition) is 3. The molecule has 4 heteroatoms. The first-order chi connectivity index (χ1) is 15.7. The van der Waals surface area contributed by atoms with E-state index in [0.717, 1.165) is 38.5 Å². The summed E-state index contributed by atoms with van der Waals surface area (Å²) in [6, 6.07) is 0. The van der Waals surface area contributed by atoms with E-state index in [-0.39, 0.29) is 27.6 Å². The highest BCUT2D eigenvalue weighted by atomic mass is 16.4. The molecule has 4 nitrogen and oxygen atoms in total. The Hall–Kier alpha value is -1.42. The summed E-state index contributed by atoms with van der Waals surface area (Å²) in [5.41, 5.74) is 3.59. The fourth-order valence-corrected chi connectivity index (χ4v) is 9.32. The molecule has 190 valence electrons. The third-order valence-electron chi connectivity index (χ3n) is 11.3. The molecule has 0 saturated heterocycles. The maximum absolute atomic E-state index is 12.8. The summed E-state index contributed by atoms with van der Waals surface area (Å²) in [6.45, 7) is 15.4. The molecule has 2 saturated carbocycles. The average Bonchev–Trinajstić information content (AvgIpc) is 2.94. The van der Waals surface area contributed by atoms with E-state index < -0.39 is 18.0 Å². The number of aliphatic carboxylic acids is 1. The summed E-state index contributed by atoms with van der Waals surface area (Å²) in [5.74, 6) is -0.754. The highest BCUT2D eigenvalue weighted by Gasteiger charge is 2.66. The van der Waals surface area contributed by atoms with Crippen molar-refractivity contribution in [1.82, 2.24) is 0 Å². The number of fused-ring (bicyclic) bond motifs is 4. The molecule has 0 aromatic heterocycles. The first-order valence-electron chi connectivity index (χ1n) is 13.5. The van der Waals surface area contributed by atoms with Gasteiger partial charge in [-0.1, -0.05) is 57.4 Å². The smallest absolute Gasteiger partial charge is 0.306 e. The van der Waals surface area contributed by atoms with Crippen molar-refractivity contribution in [2.24, 2.45) is 39.4 Å². The fraction of sp³-hybridized carbons (Fsp3) is 0.800. The molecule has 0 aromatic carbocycles. The summed E-state index contributed by atoms with van der Waals surface area (Å²) in [5, 5.41) is 21.7. The number of carbonyl (C=O) groups is 2. The number of carboxylic acid groups (broad SMARTS) is 1. The van der Waals surface area contributed by atoms with Crippen molar-refractivity contribution in [3.63, 3.8) is 0 Å². The Kier molecular flexibility index (Phi) is 6.28. The Morgan fingerprint density at radius 1 is 1.06 bits per heavy atom. The molecular formula is C30H46O4. The second-order valence-electron chi connectivity index (χ2n) is 13.5. The Labute approximate surface area is 206 Å². The number of hydrogen-bond donors (Lipinski definition) is 2. The zero-order chi connectivity index (χ0) is 25.3. The summed E-state index contributed by atoms with van der Waals surface area (Å²) in [4.78, 5) is 25.3. The van der Waals surface area contributed by atoms with Crippen LogP contribution in [-0.4, -0.2) is 28.1 Å². The number of ketones is 1. The number of rotatable bonds is 5. The summed E-state index contributed by atoms with van der Waals surface area (Å²) >= 11 is 0. The van der Waals surface area contributed by atoms with Gasteiger partial charge in [-0.25, -0.2) is 0 Å². The molecule has 2 fully saturated rings. The van der Waals surface area contributed by atoms with Gasteiger partial charge in [0.2, 0.25) is 0 Å². The molecule has 0 spiro atoms. The third kappa shape index (κ3) is 3.49. The van der Waals surface area contributed by atoms with Crippen LogP contribution < -0.4 is 0 Å². The first-order valence-corrected chi connectivity index (χ1v) is 13.5. The highest BCUT2D eigenvalue weighted by molar-refractivity contribution is 5.85. The molecule has 0 aromatic rings. The van der Waals surface area contributed by atoms with E-state index in [1.165, 1.54) is 11.1 Å². The van der Waals surface area contributed by atoms with E-state index in [9.17, 15) is 19.8 Å². The van der Waals surface area contributed by atoms with Gasteiger partial charge in [0.1, 0.15) is 5.78 Å². The van der Waals surface area contributed by atoms with Gasteiger partial charge in [-0.15, -0.1) is 0 Å². The fourth-order valence-electron chi connectivity index (χ4n) is 9.32. The van der Waals surface area contributed by atoms with Gasteiger partial charge in [-0.2, -0.15) is 0 Å². The minimum atomic E-state index is -0.764. The molecule has 0 bridgehead atoms. The number of carbonyl (C=O) groups excluding carboxylic acids is 1. The maximum atomic E-state index is 12.8. The Balaban J connectivity index is 1.74. The van der Waals surface area contributed by atoms with Crippen LogP contribution in [0.2, 0.25) is 0 Å². The monoisotopic (exact) mass is 470 g/mol. The molecule has 0 heterocycles. The normalized spacial score (nSPS) is 41.9. The zero-order valence-corrected chi connectivity index (χ0v) is 22.5. The molecule has 34 heavy (non-hydrogen) atoms. The van der Waals surface area contributed by atoms with Crippen molar-refractivity contribution >= 4 is 11.8 Å². The summed E-state index contributed by atoms with van der Waals surface area (Å²) in [6.07, 6.45) is 8.98. The Morgan fingerprint density at radius 3 is 2.35 bits per heavy atom. The van der Waals surface area contributed by atoms with Crippen LogP contribution in [0.4, 0.5) is 0 Å². The maximum Gasteiger partial charge on any atom is 0.306 e. The van der Waals surface area contributed by atoms with Gasteiger partial charge in [0.05, 0.1) is 12.0 Å². The van der Waals surface area contributed by atoms with E-state index in [0.29, 0.717) is 31.0 Å². The van der Waals surface area contributed by atoms with E-state index in [1.54, 1.807) is 5.57 Å². The number of carboxylic acids is 1. The third-order valence-corrected chi connectivity index (χ3v) is 11.3. The van der Waals surface area contributed by atoms with Gasteiger partial charge in [0.15, 0.2) is 0 Å². The molecule has 0 amide bonds. The predicted molar refractivity (Wildman–Crippen MR) is 135 cm³/mol. The van der Waals surface area contributed by atoms with Crippen molar-refractivity contribution in [2.45, 2.75) is 112 Å². The summed E-state index contributed by atoms with van der Waals surface area (Å²) in [7, 11) is 0. The molecular weight excluding hydrogens is 424 g/mol. The van der Waals surface area contributed by atoms with Crippen LogP contribution in [0.1, 0.15) is 106 Å². The van der Waals surface area contributed by atoms with Gasteiger partial charge < -0.3 is 10.2 Å². The van der Waals surface area contributed by atoms with Crippen molar-refractivity contribution < 1.29 is 19.8 Å². The van der Waals surface area contributed by atoms with Crippen molar-refractivity contribution in [3.05, 3.63) is 22.8 Å². The lowest BCUT2D eigenvalue weighted by molar-refractivity contribution is -0.149. The highest BCUT2D eigenvalue weighted by Crippen LogP contribution is 2.72. The van der Waals surface area contributed by atoms with Crippen molar-refractivity contribution in [1.29, 1.82) is 0 Å². The Morgan fingerprint density at radius 2 is 1.74 bits per heavy atom. The number of Topliss-reactive ketones (excluding diaryl/α,β-unsaturated/α-hetero) is 1. The van der Waals surface area contributed by atoms with Crippen LogP contribution in [0, 0.1) is 39.4 Å². The number of allylic oxidation sites excluding steroid dienone is 4. The molecule has 4 aliphatic rings. The number of aliphatic hydroxyl groups is 1. The molecule has 7 atom stereocenters. The van der Waals surface area contributed by atoms with Gasteiger partial charge >= 0.3 is 5.97 Å². The second-order valence-corrected chi connectivity index (χ2v) is 13.5.